The Balaban J connectivity index is 1.62. The van der Waals surface area contributed by atoms with E-state index in [-0.39, 0.29) is 0 Å². The van der Waals surface area contributed by atoms with Gasteiger partial charge in [-0.15, -0.1) is 10.2 Å². The minimum atomic E-state index is 0.650. The van der Waals surface area contributed by atoms with Crippen LogP contribution in [0.5, 0.6) is 0 Å². The highest BCUT2D eigenvalue weighted by Crippen LogP contribution is 2.28. The number of hydrogen-bond acceptors (Lipinski definition) is 7. The van der Waals surface area contributed by atoms with Crippen molar-refractivity contribution in [3.8, 4) is 11.5 Å². The first-order chi connectivity index (χ1) is 10.3. The first kappa shape index (κ1) is 14.1. The summed E-state index contributed by atoms with van der Waals surface area (Å²) in [6.45, 7) is 2.89. The summed E-state index contributed by atoms with van der Waals surface area (Å²) >= 11 is 3.16. The molecule has 0 spiro atoms. The van der Waals surface area contributed by atoms with Gasteiger partial charge < -0.3 is 9.73 Å². The summed E-state index contributed by atoms with van der Waals surface area (Å²) in [5, 5.41) is 12.2. The van der Waals surface area contributed by atoms with Crippen LogP contribution in [0.15, 0.2) is 45.4 Å². The molecule has 0 aliphatic rings. The van der Waals surface area contributed by atoms with Crippen molar-refractivity contribution in [3.63, 3.8) is 0 Å². The fourth-order valence-corrected chi connectivity index (χ4v) is 3.41. The fourth-order valence-electron chi connectivity index (χ4n) is 1.71. The molecule has 0 bridgehead atoms. The average Bonchev–Trinajstić information content (AvgIpc) is 3.16. The molecule has 21 heavy (non-hydrogen) atoms. The van der Waals surface area contributed by atoms with E-state index < -0.39 is 0 Å². The Morgan fingerprint density at radius 2 is 2.10 bits per heavy atom. The first-order valence-corrected chi connectivity index (χ1v) is 8.35. The Labute approximate surface area is 130 Å². The highest BCUT2D eigenvalue weighted by atomic mass is 32.2. The van der Waals surface area contributed by atoms with Gasteiger partial charge in [0, 0.05) is 17.9 Å². The van der Waals surface area contributed by atoms with E-state index in [4.69, 9.17) is 4.42 Å². The molecule has 3 rings (SSSR count). The van der Waals surface area contributed by atoms with E-state index >= 15 is 0 Å². The van der Waals surface area contributed by atoms with Gasteiger partial charge in [-0.25, -0.2) is 4.98 Å². The third-order valence-electron chi connectivity index (χ3n) is 2.65. The highest BCUT2D eigenvalue weighted by Gasteiger charge is 2.09. The van der Waals surface area contributed by atoms with Gasteiger partial charge in [0.25, 0.3) is 0 Å². The molecule has 0 radical (unpaired) electrons. The number of hydrogen-bond donors (Lipinski definition) is 1. The van der Waals surface area contributed by atoms with Gasteiger partial charge in [0.15, 0.2) is 4.34 Å². The zero-order valence-corrected chi connectivity index (χ0v) is 13.1. The molecular weight excluding hydrogens is 304 g/mol. The van der Waals surface area contributed by atoms with Crippen molar-refractivity contribution < 1.29 is 4.42 Å². The highest BCUT2D eigenvalue weighted by molar-refractivity contribution is 8.00. The maximum Gasteiger partial charge on any atom is 0.226 e. The maximum absolute atomic E-state index is 5.51. The normalized spacial score (nSPS) is 10.7. The minimum absolute atomic E-state index is 0.650. The monoisotopic (exact) mass is 318 g/mol. The number of aromatic nitrogens is 3. The molecule has 0 unspecified atom stereocenters. The number of nitrogens with one attached hydrogen (secondary N) is 1. The van der Waals surface area contributed by atoms with E-state index in [0.717, 1.165) is 33.0 Å². The van der Waals surface area contributed by atoms with Crippen molar-refractivity contribution in [1.82, 2.24) is 15.2 Å². The van der Waals surface area contributed by atoms with Crippen LogP contribution in [-0.2, 0) is 5.75 Å². The lowest BCUT2D eigenvalue weighted by molar-refractivity contribution is 0.573. The van der Waals surface area contributed by atoms with Crippen LogP contribution < -0.4 is 5.32 Å². The van der Waals surface area contributed by atoms with Gasteiger partial charge in [-0.2, -0.15) is 0 Å². The van der Waals surface area contributed by atoms with Crippen molar-refractivity contribution in [2.24, 2.45) is 0 Å². The van der Waals surface area contributed by atoms with Crippen molar-refractivity contribution in [2.45, 2.75) is 17.0 Å². The van der Waals surface area contributed by atoms with E-state index in [0.29, 0.717) is 5.89 Å². The summed E-state index contributed by atoms with van der Waals surface area (Å²) in [5.74, 6) is 1.37. The van der Waals surface area contributed by atoms with Crippen LogP contribution in [0, 0.1) is 0 Å². The number of nitrogens with zero attached hydrogens (tertiary/aromatic N) is 3. The molecule has 5 nitrogen and oxygen atoms in total. The van der Waals surface area contributed by atoms with Crippen LogP contribution in [0.4, 0.5) is 5.13 Å². The molecule has 1 N–H and O–H groups in total. The van der Waals surface area contributed by atoms with Crippen molar-refractivity contribution in [2.75, 3.05) is 11.9 Å². The molecule has 108 valence electrons. The minimum Gasteiger partial charge on any atom is -0.444 e. The number of benzene rings is 1. The summed E-state index contributed by atoms with van der Waals surface area (Å²) in [4.78, 5) is 4.49. The molecule has 0 amide bonds. The molecule has 0 fully saturated rings. The van der Waals surface area contributed by atoms with E-state index in [1.807, 2.05) is 37.3 Å². The Morgan fingerprint density at radius 1 is 1.24 bits per heavy atom. The van der Waals surface area contributed by atoms with Crippen LogP contribution in [0.2, 0.25) is 0 Å². The van der Waals surface area contributed by atoms with Gasteiger partial charge in [-0.1, -0.05) is 41.3 Å². The first-order valence-electron chi connectivity index (χ1n) is 6.55. The zero-order chi connectivity index (χ0) is 14.5. The van der Waals surface area contributed by atoms with E-state index in [1.54, 1.807) is 29.4 Å². The summed E-state index contributed by atoms with van der Waals surface area (Å²) < 4.78 is 6.44. The van der Waals surface area contributed by atoms with Gasteiger partial charge in [0.1, 0.15) is 6.26 Å². The number of oxazole rings is 1. The van der Waals surface area contributed by atoms with Gasteiger partial charge in [-0.3, -0.25) is 0 Å². The number of rotatable bonds is 6. The van der Waals surface area contributed by atoms with Crippen LogP contribution in [0.25, 0.3) is 11.5 Å². The summed E-state index contributed by atoms with van der Waals surface area (Å²) in [6, 6.07) is 9.88. The van der Waals surface area contributed by atoms with Crippen molar-refractivity contribution in [3.05, 3.63) is 42.3 Å². The predicted molar refractivity (Wildman–Crippen MR) is 85.6 cm³/mol. The van der Waals surface area contributed by atoms with Crippen LogP contribution >= 0.6 is 23.1 Å². The van der Waals surface area contributed by atoms with Crippen molar-refractivity contribution in [1.29, 1.82) is 0 Å². The SMILES string of the molecule is CCNc1nnc(SCc2coc(-c3ccccc3)n2)s1. The number of thioether (sulfide) groups is 1. The average molecular weight is 318 g/mol. The molecule has 0 saturated carbocycles. The lowest BCUT2D eigenvalue weighted by atomic mass is 10.2. The molecule has 2 aromatic heterocycles. The maximum atomic E-state index is 5.51. The molecule has 0 saturated heterocycles. The van der Waals surface area contributed by atoms with Crippen LogP contribution in [-0.4, -0.2) is 21.7 Å². The Kier molecular flexibility index (Phi) is 4.52. The summed E-state index contributed by atoms with van der Waals surface area (Å²) in [7, 11) is 0. The molecule has 0 atom stereocenters. The van der Waals surface area contributed by atoms with Crippen molar-refractivity contribution >= 4 is 28.2 Å². The van der Waals surface area contributed by atoms with Gasteiger partial charge in [0.2, 0.25) is 11.0 Å². The largest absolute Gasteiger partial charge is 0.444 e. The van der Waals surface area contributed by atoms with Crippen LogP contribution in [0.1, 0.15) is 12.6 Å². The zero-order valence-electron chi connectivity index (χ0n) is 11.4. The van der Waals surface area contributed by atoms with Crippen LogP contribution in [0.3, 0.4) is 0 Å². The quantitative estimate of drug-likeness (QED) is 0.695. The smallest absolute Gasteiger partial charge is 0.226 e. The third kappa shape index (κ3) is 3.62. The summed E-state index contributed by atoms with van der Waals surface area (Å²) in [5.41, 5.74) is 1.89. The second-order valence-electron chi connectivity index (χ2n) is 4.20. The second-order valence-corrected chi connectivity index (χ2v) is 6.40. The predicted octanol–water partition coefficient (Wildman–Crippen LogP) is 3.92. The van der Waals surface area contributed by atoms with Gasteiger partial charge in [0.05, 0.1) is 5.69 Å². The lowest BCUT2D eigenvalue weighted by Gasteiger charge is -1.93. The molecular formula is C14H14N4OS2. The van der Waals surface area contributed by atoms with Gasteiger partial charge >= 0.3 is 0 Å². The Bertz CT molecular complexity index is 696. The molecule has 2 heterocycles. The fraction of sp³-hybridized carbons (Fsp3) is 0.214. The van der Waals surface area contributed by atoms with E-state index in [2.05, 4.69) is 20.5 Å². The Morgan fingerprint density at radius 3 is 2.90 bits per heavy atom. The van der Waals surface area contributed by atoms with Gasteiger partial charge in [-0.05, 0) is 19.1 Å². The standard InChI is InChI=1S/C14H14N4OS2/c1-2-15-13-17-18-14(21-13)20-9-11-8-19-12(16-11)10-6-4-3-5-7-10/h3-8H,2,9H2,1H3,(H,15,17). The van der Waals surface area contributed by atoms with E-state index in [1.165, 1.54) is 0 Å². The topological polar surface area (TPSA) is 63.8 Å². The molecule has 0 aliphatic carbocycles. The molecule has 0 aliphatic heterocycles. The molecule has 7 heteroatoms. The molecule has 1 aromatic carbocycles. The Hall–Kier alpha value is -1.86. The molecule has 3 aromatic rings. The second kappa shape index (κ2) is 6.73. The number of anilines is 1. The summed E-state index contributed by atoms with van der Waals surface area (Å²) in [6.07, 6.45) is 1.70. The van der Waals surface area contributed by atoms with E-state index in [9.17, 15) is 0 Å². The third-order valence-corrected chi connectivity index (χ3v) is 4.70. The lowest BCUT2D eigenvalue weighted by Crippen LogP contribution is -1.94.